The van der Waals surface area contributed by atoms with Gasteiger partial charge < -0.3 is 14.8 Å². The van der Waals surface area contributed by atoms with E-state index in [1.165, 1.54) is 0 Å². The topological polar surface area (TPSA) is 50.8 Å². The maximum Gasteiger partial charge on any atom is 0.415 e. The molecule has 0 fully saturated rings. The van der Waals surface area contributed by atoms with E-state index in [1.54, 1.807) is 23.8 Å². The van der Waals surface area contributed by atoms with Gasteiger partial charge in [-0.15, -0.1) is 0 Å². The second-order valence-corrected chi connectivity index (χ2v) is 7.03. The molecular formula is C16H22N2O3S2. The van der Waals surface area contributed by atoms with Gasteiger partial charge in [-0.25, -0.2) is 4.79 Å². The molecule has 1 aromatic carbocycles. The number of nitrogens with one attached hydrogen (secondary N) is 1. The second kappa shape index (κ2) is 7.88. The highest BCUT2D eigenvalue weighted by Gasteiger charge is 2.35. The number of thiocarbonyl (C=S) groups is 1. The molecule has 23 heavy (non-hydrogen) atoms. The van der Waals surface area contributed by atoms with Gasteiger partial charge in [0, 0.05) is 11.8 Å². The molecular weight excluding hydrogens is 332 g/mol. The Labute approximate surface area is 146 Å². The molecule has 1 amide bonds. The third-order valence-corrected chi connectivity index (χ3v) is 4.42. The van der Waals surface area contributed by atoms with E-state index in [0.717, 1.165) is 11.4 Å². The summed E-state index contributed by atoms with van der Waals surface area (Å²) in [4.78, 5) is 14.9. The molecule has 1 aromatic rings. The van der Waals surface area contributed by atoms with Crippen LogP contribution in [-0.2, 0) is 4.74 Å². The zero-order chi connectivity index (χ0) is 17.0. The molecule has 0 unspecified atom stereocenters. The number of carbonyl (C=O) groups excluding carboxylic acids is 1. The monoisotopic (exact) mass is 354 g/mol. The van der Waals surface area contributed by atoms with Gasteiger partial charge in [-0.05, 0) is 24.3 Å². The fourth-order valence-electron chi connectivity index (χ4n) is 2.29. The normalized spacial score (nSPS) is 16.8. The van der Waals surface area contributed by atoms with E-state index in [0.29, 0.717) is 23.1 Å². The molecule has 2 rings (SSSR count). The Bertz CT molecular complexity index is 593. The van der Waals surface area contributed by atoms with Gasteiger partial charge in [-0.2, -0.15) is 11.8 Å². The number of methoxy groups -OCH3 is 1. The quantitative estimate of drug-likeness (QED) is 0.812. The maximum atomic E-state index is 12.7. The Balaban J connectivity index is 2.39. The minimum atomic E-state index is -0.379. The molecule has 0 spiro atoms. The van der Waals surface area contributed by atoms with Crippen molar-refractivity contribution in [1.29, 1.82) is 0 Å². The van der Waals surface area contributed by atoms with Crippen molar-refractivity contribution in [1.82, 2.24) is 0 Å². The smallest absolute Gasteiger partial charge is 0.415 e. The van der Waals surface area contributed by atoms with Crippen LogP contribution in [0.5, 0.6) is 5.75 Å². The van der Waals surface area contributed by atoms with Crippen molar-refractivity contribution >= 4 is 46.4 Å². The highest BCUT2D eigenvalue weighted by atomic mass is 32.2. The lowest BCUT2D eigenvalue weighted by Gasteiger charge is -2.37. The number of fused-ring (bicyclic) bond motifs is 1. The number of ether oxygens (including phenoxy) is 2. The number of hydrogen-bond acceptors (Lipinski definition) is 5. The van der Waals surface area contributed by atoms with Crippen LogP contribution in [0, 0.1) is 5.92 Å². The van der Waals surface area contributed by atoms with E-state index >= 15 is 0 Å². The molecule has 5 nitrogen and oxygen atoms in total. The standard InChI is InChI=1S/C16H22N2O3S2/c1-10(2)8-21-16(19)18-13-7-11(20-3)5-6-12(13)17-15(22)14(18)9-23-4/h5-7,10,14H,8-9H2,1-4H3,(H,17,22)/t14-/m0/s1. The van der Waals surface area contributed by atoms with Crippen LogP contribution in [0.25, 0.3) is 0 Å². The first-order valence-electron chi connectivity index (χ1n) is 7.41. The van der Waals surface area contributed by atoms with Crippen molar-refractivity contribution in [3.63, 3.8) is 0 Å². The van der Waals surface area contributed by atoms with Gasteiger partial charge in [0.15, 0.2) is 0 Å². The lowest BCUT2D eigenvalue weighted by molar-refractivity contribution is 0.139. The van der Waals surface area contributed by atoms with Crippen LogP contribution in [-0.4, -0.2) is 42.8 Å². The van der Waals surface area contributed by atoms with E-state index in [9.17, 15) is 4.79 Å². The van der Waals surface area contributed by atoms with Crippen LogP contribution in [0.15, 0.2) is 18.2 Å². The molecule has 1 N–H and O–H groups in total. The summed E-state index contributed by atoms with van der Waals surface area (Å²) >= 11 is 7.09. The summed E-state index contributed by atoms with van der Waals surface area (Å²) < 4.78 is 10.7. The van der Waals surface area contributed by atoms with E-state index in [2.05, 4.69) is 5.32 Å². The molecule has 0 radical (unpaired) electrons. The van der Waals surface area contributed by atoms with Crippen molar-refractivity contribution in [3.8, 4) is 5.75 Å². The summed E-state index contributed by atoms with van der Waals surface area (Å²) in [6, 6.07) is 5.28. The summed E-state index contributed by atoms with van der Waals surface area (Å²) in [5.74, 6) is 1.65. The Kier molecular flexibility index (Phi) is 6.12. The van der Waals surface area contributed by atoms with Gasteiger partial charge in [-0.1, -0.05) is 26.1 Å². The van der Waals surface area contributed by atoms with Gasteiger partial charge in [0.2, 0.25) is 0 Å². The minimum Gasteiger partial charge on any atom is -0.497 e. The number of benzene rings is 1. The summed E-state index contributed by atoms with van der Waals surface area (Å²) in [5.41, 5.74) is 1.51. The number of amides is 1. The number of carbonyl (C=O) groups is 1. The number of thioether (sulfide) groups is 1. The average molecular weight is 354 g/mol. The Hall–Kier alpha value is -1.47. The predicted octanol–water partition coefficient (Wildman–Crippen LogP) is 3.78. The highest BCUT2D eigenvalue weighted by Crippen LogP contribution is 2.36. The summed E-state index contributed by atoms with van der Waals surface area (Å²) in [6.07, 6.45) is 1.61. The van der Waals surface area contributed by atoms with E-state index < -0.39 is 0 Å². The van der Waals surface area contributed by atoms with Crippen LogP contribution >= 0.6 is 24.0 Å². The molecule has 0 aromatic heterocycles. The number of nitrogens with zero attached hydrogens (tertiary/aromatic N) is 1. The molecule has 0 bridgehead atoms. The van der Waals surface area contributed by atoms with Crippen molar-refractivity contribution in [2.75, 3.05) is 35.9 Å². The lowest BCUT2D eigenvalue weighted by Crippen LogP contribution is -2.52. The molecule has 0 aliphatic carbocycles. The Morgan fingerprint density at radius 1 is 1.48 bits per heavy atom. The fourth-order valence-corrected chi connectivity index (χ4v) is 3.32. The van der Waals surface area contributed by atoms with Crippen LogP contribution in [0.1, 0.15) is 13.8 Å². The largest absolute Gasteiger partial charge is 0.497 e. The molecule has 1 atom stereocenters. The molecule has 126 valence electrons. The summed E-state index contributed by atoms with van der Waals surface area (Å²) in [6.45, 7) is 4.39. The van der Waals surface area contributed by atoms with E-state index in [4.69, 9.17) is 21.7 Å². The molecule has 1 aliphatic heterocycles. The molecule has 1 heterocycles. The predicted molar refractivity (Wildman–Crippen MR) is 100 cm³/mol. The van der Waals surface area contributed by atoms with Crippen molar-refractivity contribution in [2.24, 2.45) is 5.92 Å². The van der Waals surface area contributed by atoms with E-state index in [1.807, 2.05) is 38.3 Å². The zero-order valence-electron chi connectivity index (χ0n) is 13.8. The van der Waals surface area contributed by atoms with Gasteiger partial charge in [0.05, 0.1) is 31.1 Å². The summed E-state index contributed by atoms with van der Waals surface area (Å²) in [5, 5.41) is 3.21. The fraction of sp³-hybridized carbons (Fsp3) is 0.500. The first-order chi connectivity index (χ1) is 11.0. The molecule has 7 heteroatoms. The van der Waals surface area contributed by atoms with Crippen LogP contribution in [0.4, 0.5) is 16.2 Å². The van der Waals surface area contributed by atoms with Crippen molar-refractivity contribution < 1.29 is 14.3 Å². The van der Waals surface area contributed by atoms with Gasteiger partial charge >= 0.3 is 6.09 Å². The average Bonchev–Trinajstić information content (AvgIpc) is 2.53. The second-order valence-electron chi connectivity index (χ2n) is 5.68. The number of rotatable bonds is 5. The summed E-state index contributed by atoms with van der Waals surface area (Å²) in [7, 11) is 1.60. The van der Waals surface area contributed by atoms with Crippen molar-refractivity contribution in [3.05, 3.63) is 18.2 Å². The molecule has 1 aliphatic rings. The van der Waals surface area contributed by atoms with Gasteiger partial charge in [-0.3, -0.25) is 4.90 Å². The number of hydrogen-bond donors (Lipinski definition) is 1. The third-order valence-electron chi connectivity index (χ3n) is 3.40. The highest BCUT2D eigenvalue weighted by molar-refractivity contribution is 7.98. The zero-order valence-corrected chi connectivity index (χ0v) is 15.4. The Morgan fingerprint density at radius 3 is 2.83 bits per heavy atom. The first kappa shape index (κ1) is 17.9. The maximum absolute atomic E-state index is 12.7. The molecule has 0 saturated carbocycles. The lowest BCUT2D eigenvalue weighted by atomic mass is 10.1. The molecule has 0 saturated heterocycles. The first-order valence-corrected chi connectivity index (χ1v) is 9.22. The number of anilines is 2. The van der Waals surface area contributed by atoms with Crippen LogP contribution in [0.2, 0.25) is 0 Å². The van der Waals surface area contributed by atoms with Crippen molar-refractivity contribution in [2.45, 2.75) is 19.9 Å². The Morgan fingerprint density at radius 2 is 2.22 bits per heavy atom. The third kappa shape index (κ3) is 4.09. The van der Waals surface area contributed by atoms with Crippen LogP contribution < -0.4 is 15.0 Å². The van der Waals surface area contributed by atoms with Gasteiger partial charge in [0.1, 0.15) is 10.7 Å². The van der Waals surface area contributed by atoms with Gasteiger partial charge in [0.25, 0.3) is 0 Å². The SMILES string of the molecule is COc1ccc2c(c1)N(C(=O)OCC(C)C)[C@@H](CSC)C(=S)N2. The minimum absolute atomic E-state index is 0.237. The van der Waals surface area contributed by atoms with E-state index in [-0.39, 0.29) is 18.1 Å². The van der Waals surface area contributed by atoms with Crippen LogP contribution in [0.3, 0.4) is 0 Å².